The van der Waals surface area contributed by atoms with Crippen LogP contribution in [0.15, 0.2) is 22.7 Å². The van der Waals surface area contributed by atoms with Gasteiger partial charge in [0.1, 0.15) is 0 Å². The van der Waals surface area contributed by atoms with E-state index in [-0.39, 0.29) is 5.41 Å². The zero-order valence-corrected chi connectivity index (χ0v) is 10.1. The number of benzene rings is 1. The Kier molecular flexibility index (Phi) is 2.03. The molecule has 2 aliphatic rings. The smallest absolute Gasteiger partial charge is 0.164 e. The van der Waals surface area contributed by atoms with Crippen LogP contribution in [0.5, 0.6) is 0 Å². The molecule has 1 aromatic rings. The second kappa shape index (κ2) is 3.18. The highest BCUT2D eigenvalue weighted by atomic mass is 79.9. The van der Waals surface area contributed by atoms with Crippen LogP contribution in [0.3, 0.4) is 0 Å². The molecule has 78 valence electrons. The van der Waals surface area contributed by atoms with Crippen molar-refractivity contribution in [3.63, 3.8) is 0 Å². The summed E-state index contributed by atoms with van der Waals surface area (Å²) in [6.07, 6.45) is 5.71. The minimum atomic E-state index is 0.215. The number of carbonyl (C=O) groups excluding carboxylic acids is 1. The number of fused-ring (bicyclic) bond motifs is 2. The molecule has 0 aromatic heterocycles. The second-order valence-corrected chi connectivity index (χ2v) is 5.69. The molecule has 1 aromatic carbocycles. The van der Waals surface area contributed by atoms with Crippen LogP contribution in [0, 0.1) is 0 Å². The van der Waals surface area contributed by atoms with E-state index in [1.165, 1.54) is 31.2 Å². The van der Waals surface area contributed by atoms with Gasteiger partial charge in [0.25, 0.3) is 0 Å². The first kappa shape index (κ1) is 9.59. The van der Waals surface area contributed by atoms with Crippen LogP contribution in [0.2, 0.25) is 0 Å². The van der Waals surface area contributed by atoms with Crippen LogP contribution < -0.4 is 0 Å². The Morgan fingerprint density at radius 3 is 2.67 bits per heavy atom. The van der Waals surface area contributed by atoms with E-state index in [4.69, 9.17) is 0 Å². The summed E-state index contributed by atoms with van der Waals surface area (Å²) < 4.78 is 1.02. The van der Waals surface area contributed by atoms with E-state index in [9.17, 15) is 4.79 Å². The first-order chi connectivity index (χ1) is 7.21. The van der Waals surface area contributed by atoms with Crippen molar-refractivity contribution in [2.45, 2.75) is 37.5 Å². The Morgan fingerprint density at radius 2 is 1.93 bits per heavy atom. The Bertz CT molecular complexity index is 430. The van der Waals surface area contributed by atoms with Crippen LogP contribution in [0.1, 0.15) is 48.0 Å². The highest BCUT2D eigenvalue weighted by molar-refractivity contribution is 9.10. The maximum absolute atomic E-state index is 12.0. The lowest BCUT2D eigenvalue weighted by molar-refractivity contribution is 0.0974. The molecule has 0 atom stereocenters. The summed E-state index contributed by atoms with van der Waals surface area (Å²) in [5.41, 5.74) is 2.49. The lowest BCUT2D eigenvalue weighted by Crippen LogP contribution is -2.18. The van der Waals surface area contributed by atoms with E-state index in [1.54, 1.807) is 0 Å². The van der Waals surface area contributed by atoms with Gasteiger partial charge in [0.15, 0.2) is 5.78 Å². The maximum atomic E-state index is 12.0. The van der Waals surface area contributed by atoms with Gasteiger partial charge in [-0.2, -0.15) is 0 Å². The van der Waals surface area contributed by atoms with Gasteiger partial charge in [-0.05, 0) is 30.5 Å². The van der Waals surface area contributed by atoms with Crippen LogP contribution in [-0.2, 0) is 5.41 Å². The normalized spacial score (nSPS) is 22.3. The van der Waals surface area contributed by atoms with E-state index >= 15 is 0 Å². The van der Waals surface area contributed by atoms with Gasteiger partial charge in [-0.15, -0.1) is 0 Å². The highest BCUT2D eigenvalue weighted by Gasteiger charge is 2.44. The average Bonchev–Trinajstić information content (AvgIpc) is 2.76. The quantitative estimate of drug-likeness (QED) is 0.696. The molecule has 0 saturated heterocycles. The predicted octanol–water partition coefficient (Wildman–Crippen LogP) is 3.85. The van der Waals surface area contributed by atoms with E-state index in [1.807, 2.05) is 6.07 Å². The molecule has 2 heteroatoms. The largest absolute Gasteiger partial charge is 0.294 e. The molecule has 2 aliphatic carbocycles. The molecule has 0 aliphatic heterocycles. The van der Waals surface area contributed by atoms with Crippen molar-refractivity contribution >= 4 is 21.7 Å². The molecular formula is C13H13BrO. The second-order valence-electron chi connectivity index (χ2n) is 4.78. The standard InChI is InChI=1S/C13H13BrO/c14-9-3-4-11-10(7-9)12(15)8-13(11)5-1-2-6-13/h3-4,7H,1-2,5-6,8H2. The summed E-state index contributed by atoms with van der Waals surface area (Å²) in [6.45, 7) is 0. The van der Waals surface area contributed by atoms with E-state index < -0.39 is 0 Å². The molecule has 3 rings (SSSR count). The molecule has 1 saturated carbocycles. The van der Waals surface area contributed by atoms with Crippen molar-refractivity contribution in [3.8, 4) is 0 Å². The van der Waals surface area contributed by atoms with Gasteiger partial charge in [0.05, 0.1) is 0 Å². The number of hydrogen-bond acceptors (Lipinski definition) is 1. The molecule has 0 radical (unpaired) electrons. The van der Waals surface area contributed by atoms with E-state index in [0.717, 1.165) is 16.5 Å². The fraction of sp³-hybridized carbons (Fsp3) is 0.462. The van der Waals surface area contributed by atoms with Gasteiger partial charge in [0.2, 0.25) is 0 Å². The molecule has 1 nitrogen and oxygen atoms in total. The Labute approximate surface area is 98.0 Å². The predicted molar refractivity (Wildman–Crippen MR) is 63.2 cm³/mol. The van der Waals surface area contributed by atoms with Crippen LogP contribution in [-0.4, -0.2) is 5.78 Å². The third-order valence-electron chi connectivity index (χ3n) is 3.91. The molecule has 15 heavy (non-hydrogen) atoms. The number of hydrogen-bond donors (Lipinski definition) is 0. The molecule has 1 fully saturated rings. The summed E-state index contributed by atoms with van der Waals surface area (Å²) in [5, 5.41) is 0. The zero-order valence-electron chi connectivity index (χ0n) is 8.55. The SMILES string of the molecule is O=C1CC2(CCCC2)c2ccc(Br)cc21. The van der Waals surface area contributed by atoms with Crippen molar-refractivity contribution < 1.29 is 4.79 Å². The van der Waals surface area contributed by atoms with Crippen molar-refractivity contribution in [1.29, 1.82) is 0 Å². The van der Waals surface area contributed by atoms with Crippen molar-refractivity contribution in [1.82, 2.24) is 0 Å². The summed E-state index contributed by atoms with van der Waals surface area (Å²) >= 11 is 3.44. The van der Waals surface area contributed by atoms with Gasteiger partial charge in [-0.1, -0.05) is 34.8 Å². The minimum absolute atomic E-state index is 0.215. The first-order valence-corrected chi connectivity index (χ1v) is 6.34. The zero-order chi connectivity index (χ0) is 10.5. The molecule has 0 amide bonds. The Balaban J connectivity index is 2.17. The van der Waals surface area contributed by atoms with E-state index in [2.05, 4.69) is 28.1 Å². The van der Waals surface area contributed by atoms with Gasteiger partial charge in [-0.3, -0.25) is 4.79 Å². The summed E-state index contributed by atoms with van der Waals surface area (Å²) in [5.74, 6) is 0.341. The molecule has 0 heterocycles. The molecule has 0 bridgehead atoms. The summed E-state index contributed by atoms with van der Waals surface area (Å²) in [7, 11) is 0. The number of Topliss-reactive ketones (excluding diaryl/α,β-unsaturated/α-hetero) is 1. The number of carbonyl (C=O) groups is 1. The topological polar surface area (TPSA) is 17.1 Å². The van der Waals surface area contributed by atoms with Crippen molar-refractivity contribution in [2.75, 3.05) is 0 Å². The van der Waals surface area contributed by atoms with Crippen LogP contribution in [0.25, 0.3) is 0 Å². The molecule has 1 spiro atoms. The number of rotatable bonds is 0. The van der Waals surface area contributed by atoms with Crippen molar-refractivity contribution in [3.05, 3.63) is 33.8 Å². The fourth-order valence-electron chi connectivity index (χ4n) is 3.21. The van der Waals surface area contributed by atoms with E-state index in [0.29, 0.717) is 5.78 Å². The summed E-state index contributed by atoms with van der Waals surface area (Å²) in [4.78, 5) is 12.0. The summed E-state index contributed by atoms with van der Waals surface area (Å²) in [6, 6.07) is 6.21. The fourth-order valence-corrected chi connectivity index (χ4v) is 3.57. The molecule has 0 N–H and O–H groups in total. The first-order valence-electron chi connectivity index (χ1n) is 5.55. The lowest BCUT2D eigenvalue weighted by atomic mass is 9.80. The van der Waals surface area contributed by atoms with Gasteiger partial charge >= 0.3 is 0 Å². The number of ketones is 1. The third-order valence-corrected chi connectivity index (χ3v) is 4.41. The van der Waals surface area contributed by atoms with Crippen LogP contribution in [0.4, 0.5) is 0 Å². The maximum Gasteiger partial charge on any atom is 0.164 e. The van der Waals surface area contributed by atoms with Gasteiger partial charge < -0.3 is 0 Å². The van der Waals surface area contributed by atoms with Gasteiger partial charge in [-0.25, -0.2) is 0 Å². The highest BCUT2D eigenvalue weighted by Crippen LogP contribution is 2.50. The average molecular weight is 265 g/mol. The number of halogens is 1. The lowest BCUT2D eigenvalue weighted by Gasteiger charge is -2.23. The molecule has 0 unspecified atom stereocenters. The van der Waals surface area contributed by atoms with Crippen LogP contribution >= 0.6 is 15.9 Å². The minimum Gasteiger partial charge on any atom is -0.294 e. The van der Waals surface area contributed by atoms with Gasteiger partial charge in [0, 0.05) is 21.9 Å². The van der Waals surface area contributed by atoms with Crippen molar-refractivity contribution in [2.24, 2.45) is 0 Å². The monoisotopic (exact) mass is 264 g/mol. The third kappa shape index (κ3) is 1.31. The Hall–Kier alpha value is -0.630. The molecular weight excluding hydrogens is 252 g/mol. The Morgan fingerprint density at radius 1 is 1.20 bits per heavy atom.